The molecule has 2 aromatic carbocycles. The van der Waals surface area contributed by atoms with Gasteiger partial charge in [0.1, 0.15) is 0 Å². The standard InChI is InChI=1S/C23H24N.Ir/c1-22(2)10-11-23(3,4)20-13-18-15-24-21(14-17(18)12-19(20)22)16-8-6-5-7-9-16;/h5-8,12-15H,10-11H2,1-4H3;/q-1;. The average molecular weight is 507 g/mol. The largest absolute Gasteiger partial charge is 0.304 e. The third kappa shape index (κ3) is 3.18. The van der Waals surface area contributed by atoms with Gasteiger partial charge in [-0.15, -0.1) is 35.9 Å². The molecule has 0 aliphatic heterocycles. The Labute approximate surface area is 164 Å². The van der Waals surface area contributed by atoms with Crippen LogP contribution in [0.1, 0.15) is 51.7 Å². The third-order valence-corrected chi connectivity index (χ3v) is 5.68. The first-order valence-corrected chi connectivity index (χ1v) is 8.79. The Morgan fingerprint density at radius 3 is 2.12 bits per heavy atom. The molecule has 1 nitrogen and oxygen atoms in total. The average Bonchev–Trinajstić information content (AvgIpc) is 2.58. The van der Waals surface area contributed by atoms with Crippen LogP contribution in [0.5, 0.6) is 0 Å². The molecule has 3 aromatic rings. The second-order valence-electron chi connectivity index (χ2n) is 8.36. The van der Waals surface area contributed by atoms with Crippen LogP contribution in [0.3, 0.4) is 0 Å². The quantitative estimate of drug-likeness (QED) is 0.366. The Kier molecular flexibility index (Phi) is 4.64. The van der Waals surface area contributed by atoms with Crippen LogP contribution in [-0.4, -0.2) is 4.98 Å². The topological polar surface area (TPSA) is 12.9 Å². The maximum Gasteiger partial charge on any atom is 0.0239 e. The molecule has 0 saturated heterocycles. The molecular weight excluding hydrogens is 482 g/mol. The van der Waals surface area contributed by atoms with Gasteiger partial charge >= 0.3 is 0 Å². The van der Waals surface area contributed by atoms with Crippen LogP contribution in [-0.2, 0) is 30.9 Å². The molecule has 0 amide bonds. The SMILES string of the molecule is CC1(C)CCC(C)(C)c2cc3cc(-c4[c-]cccc4)ncc3cc21.[Ir]. The van der Waals surface area contributed by atoms with Crippen molar-refractivity contribution in [3.63, 3.8) is 0 Å². The molecular formula is C23H24IrN-. The molecule has 0 bridgehead atoms. The van der Waals surface area contributed by atoms with Gasteiger partial charge in [0, 0.05) is 26.3 Å². The first kappa shape index (κ1) is 18.3. The van der Waals surface area contributed by atoms with Gasteiger partial charge in [0.2, 0.25) is 0 Å². The van der Waals surface area contributed by atoms with E-state index < -0.39 is 0 Å². The summed E-state index contributed by atoms with van der Waals surface area (Å²) in [6.07, 6.45) is 4.50. The zero-order valence-corrected chi connectivity index (χ0v) is 17.7. The van der Waals surface area contributed by atoms with Gasteiger partial charge in [-0.25, -0.2) is 0 Å². The number of benzene rings is 2. The predicted octanol–water partition coefficient (Wildman–Crippen LogP) is 6.05. The van der Waals surface area contributed by atoms with Crippen molar-refractivity contribution in [2.75, 3.05) is 0 Å². The van der Waals surface area contributed by atoms with Crippen LogP contribution < -0.4 is 0 Å². The number of fused-ring (bicyclic) bond motifs is 2. The van der Waals surface area contributed by atoms with Gasteiger partial charge in [0.15, 0.2) is 0 Å². The van der Waals surface area contributed by atoms with E-state index in [1.165, 1.54) is 34.7 Å². The van der Waals surface area contributed by atoms with Crippen molar-refractivity contribution in [2.45, 2.75) is 51.4 Å². The summed E-state index contributed by atoms with van der Waals surface area (Å²) in [5.41, 5.74) is 5.52. The van der Waals surface area contributed by atoms with E-state index in [4.69, 9.17) is 0 Å². The summed E-state index contributed by atoms with van der Waals surface area (Å²) in [5.74, 6) is 0. The van der Waals surface area contributed by atoms with Crippen molar-refractivity contribution in [1.29, 1.82) is 0 Å². The summed E-state index contributed by atoms with van der Waals surface area (Å²) in [7, 11) is 0. The monoisotopic (exact) mass is 507 g/mol. The maximum atomic E-state index is 4.68. The fourth-order valence-corrected chi connectivity index (χ4v) is 3.91. The van der Waals surface area contributed by atoms with Gasteiger partial charge in [-0.3, -0.25) is 0 Å². The summed E-state index contributed by atoms with van der Waals surface area (Å²) in [6, 6.07) is 18.3. The van der Waals surface area contributed by atoms with E-state index >= 15 is 0 Å². The molecule has 131 valence electrons. The van der Waals surface area contributed by atoms with E-state index in [0.717, 1.165) is 11.3 Å². The maximum absolute atomic E-state index is 4.68. The number of pyridine rings is 1. The van der Waals surface area contributed by atoms with Crippen LogP contribution in [0.25, 0.3) is 22.0 Å². The van der Waals surface area contributed by atoms with E-state index in [1.807, 2.05) is 24.4 Å². The van der Waals surface area contributed by atoms with Crippen molar-refractivity contribution in [3.05, 3.63) is 65.9 Å². The van der Waals surface area contributed by atoms with E-state index in [0.29, 0.717) is 0 Å². The molecule has 0 fully saturated rings. The van der Waals surface area contributed by atoms with E-state index in [2.05, 4.69) is 63.0 Å². The van der Waals surface area contributed by atoms with Crippen LogP contribution in [0.15, 0.2) is 48.7 Å². The molecule has 0 unspecified atom stereocenters. The molecule has 4 rings (SSSR count). The van der Waals surface area contributed by atoms with Crippen LogP contribution >= 0.6 is 0 Å². The molecule has 1 aliphatic carbocycles. The summed E-state index contributed by atoms with van der Waals surface area (Å²) in [6.45, 7) is 9.49. The molecule has 1 aliphatic rings. The van der Waals surface area contributed by atoms with E-state index in [9.17, 15) is 0 Å². The van der Waals surface area contributed by atoms with Gasteiger partial charge in [-0.05, 0) is 57.3 Å². The normalized spacial score (nSPS) is 17.6. The van der Waals surface area contributed by atoms with Gasteiger partial charge in [0.25, 0.3) is 0 Å². The summed E-state index contributed by atoms with van der Waals surface area (Å²) < 4.78 is 0. The van der Waals surface area contributed by atoms with Gasteiger partial charge in [0.05, 0.1) is 0 Å². The number of hydrogen-bond acceptors (Lipinski definition) is 1. The van der Waals surface area contributed by atoms with Crippen molar-refractivity contribution >= 4 is 10.8 Å². The molecule has 1 radical (unpaired) electrons. The summed E-state index contributed by atoms with van der Waals surface area (Å²) in [5, 5.41) is 2.51. The minimum atomic E-state index is 0. The molecule has 25 heavy (non-hydrogen) atoms. The Morgan fingerprint density at radius 1 is 0.880 bits per heavy atom. The van der Waals surface area contributed by atoms with Crippen molar-refractivity contribution in [2.24, 2.45) is 0 Å². The minimum absolute atomic E-state index is 0. The first-order chi connectivity index (χ1) is 11.4. The summed E-state index contributed by atoms with van der Waals surface area (Å²) >= 11 is 0. The Hall–Kier alpha value is -1.50. The van der Waals surface area contributed by atoms with Gasteiger partial charge in [-0.2, -0.15) is 0 Å². The van der Waals surface area contributed by atoms with Crippen molar-refractivity contribution in [3.8, 4) is 11.3 Å². The fraction of sp³-hybridized carbons (Fsp3) is 0.348. The second kappa shape index (κ2) is 6.34. The molecule has 2 heteroatoms. The molecule has 1 heterocycles. The van der Waals surface area contributed by atoms with Gasteiger partial charge in [-0.1, -0.05) is 39.8 Å². The van der Waals surface area contributed by atoms with Crippen LogP contribution in [0, 0.1) is 6.07 Å². The first-order valence-electron chi connectivity index (χ1n) is 8.79. The second-order valence-corrected chi connectivity index (χ2v) is 8.36. The molecule has 1 aromatic heterocycles. The fourth-order valence-electron chi connectivity index (χ4n) is 3.91. The van der Waals surface area contributed by atoms with E-state index in [-0.39, 0.29) is 30.9 Å². The molecule has 0 N–H and O–H groups in total. The molecule has 0 spiro atoms. The Morgan fingerprint density at radius 2 is 1.52 bits per heavy atom. The van der Waals surface area contributed by atoms with Crippen molar-refractivity contribution < 1.29 is 20.1 Å². The Bertz CT molecular complexity index is 910. The van der Waals surface area contributed by atoms with Crippen LogP contribution in [0.4, 0.5) is 0 Å². The molecule has 0 atom stereocenters. The zero-order chi connectivity index (χ0) is 16.9. The predicted molar refractivity (Wildman–Crippen MR) is 101 cm³/mol. The van der Waals surface area contributed by atoms with Crippen LogP contribution in [0.2, 0.25) is 0 Å². The van der Waals surface area contributed by atoms with Crippen molar-refractivity contribution in [1.82, 2.24) is 4.98 Å². The number of rotatable bonds is 1. The number of hydrogen-bond donors (Lipinski definition) is 0. The summed E-state index contributed by atoms with van der Waals surface area (Å²) in [4.78, 5) is 4.68. The zero-order valence-electron chi connectivity index (χ0n) is 15.3. The van der Waals surface area contributed by atoms with E-state index in [1.54, 1.807) is 0 Å². The Balaban J connectivity index is 0.00000182. The molecule has 0 saturated carbocycles. The number of nitrogens with zero attached hydrogens (tertiary/aromatic N) is 1. The smallest absolute Gasteiger partial charge is 0.0239 e. The van der Waals surface area contributed by atoms with Gasteiger partial charge < -0.3 is 4.98 Å². The number of aromatic nitrogens is 1. The minimum Gasteiger partial charge on any atom is -0.304 e. The third-order valence-electron chi connectivity index (χ3n) is 5.68.